The van der Waals surface area contributed by atoms with Gasteiger partial charge in [-0.1, -0.05) is 12.8 Å². The Morgan fingerprint density at radius 1 is 1.57 bits per heavy atom. The first kappa shape index (κ1) is 11.3. The van der Waals surface area contributed by atoms with Crippen molar-refractivity contribution in [2.24, 2.45) is 10.9 Å². The number of ether oxygens (including phenoxy) is 1. The van der Waals surface area contributed by atoms with Crippen LogP contribution in [0.1, 0.15) is 32.6 Å². The Bertz CT molecular complexity index is 249. The minimum atomic E-state index is -0.133. The highest BCUT2D eigenvalue weighted by Gasteiger charge is 2.31. The molecule has 0 N–H and O–H groups in total. The summed E-state index contributed by atoms with van der Waals surface area (Å²) >= 11 is 4.57. The lowest BCUT2D eigenvalue weighted by Crippen LogP contribution is -2.31. The largest absolute Gasteiger partial charge is 0.466 e. The topological polar surface area (TPSA) is 38.7 Å². The maximum atomic E-state index is 11.5. The molecule has 3 nitrogen and oxygen atoms in total. The number of isothiocyanates is 1. The van der Waals surface area contributed by atoms with E-state index in [2.05, 4.69) is 22.4 Å². The van der Waals surface area contributed by atoms with Crippen LogP contribution in [-0.2, 0) is 9.53 Å². The van der Waals surface area contributed by atoms with Crippen molar-refractivity contribution in [1.29, 1.82) is 0 Å². The van der Waals surface area contributed by atoms with Gasteiger partial charge in [-0.05, 0) is 32.0 Å². The van der Waals surface area contributed by atoms with Gasteiger partial charge in [0, 0.05) is 0 Å². The van der Waals surface area contributed by atoms with Gasteiger partial charge in [0.25, 0.3) is 0 Å². The third kappa shape index (κ3) is 2.89. The molecule has 0 aromatic heterocycles. The molecule has 2 atom stereocenters. The zero-order chi connectivity index (χ0) is 10.4. The molecule has 0 heterocycles. The quantitative estimate of drug-likeness (QED) is 0.410. The molecule has 1 fully saturated rings. The van der Waals surface area contributed by atoms with Crippen molar-refractivity contribution in [3.8, 4) is 0 Å². The van der Waals surface area contributed by atoms with Crippen LogP contribution in [0.4, 0.5) is 0 Å². The van der Waals surface area contributed by atoms with E-state index in [0.29, 0.717) is 6.61 Å². The Kier molecular flexibility index (Phi) is 4.77. The molecular weight excluding hydrogens is 198 g/mol. The van der Waals surface area contributed by atoms with Gasteiger partial charge in [-0.2, -0.15) is 0 Å². The first-order valence-electron chi connectivity index (χ1n) is 5.03. The van der Waals surface area contributed by atoms with Crippen LogP contribution in [0.15, 0.2) is 4.99 Å². The molecule has 1 aliphatic rings. The van der Waals surface area contributed by atoms with Crippen molar-refractivity contribution in [2.45, 2.75) is 38.6 Å². The third-order valence-corrected chi connectivity index (χ3v) is 2.64. The molecule has 0 amide bonds. The maximum Gasteiger partial charge on any atom is 0.311 e. The van der Waals surface area contributed by atoms with E-state index < -0.39 is 0 Å². The van der Waals surface area contributed by atoms with E-state index >= 15 is 0 Å². The molecule has 0 unspecified atom stereocenters. The van der Waals surface area contributed by atoms with E-state index in [1.54, 1.807) is 0 Å². The van der Waals surface area contributed by atoms with Crippen molar-refractivity contribution in [1.82, 2.24) is 0 Å². The Balaban J connectivity index is 2.61. The standard InChI is InChI=1S/C10H15NO2S/c1-2-13-10(12)8-5-3-4-6-9(8)11-7-14/h8-9H,2-6H2,1H3/t8-,9+/m0/s1. The fourth-order valence-corrected chi connectivity index (χ4v) is 1.99. The van der Waals surface area contributed by atoms with Gasteiger partial charge in [0.15, 0.2) is 0 Å². The number of thiocarbonyl (C=S) groups is 1. The second kappa shape index (κ2) is 5.89. The highest BCUT2D eigenvalue weighted by atomic mass is 32.1. The molecule has 1 rings (SSSR count). The summed E-state index contributed by atoms with van der Waals surface area (Å²) in [6.45, 7) is 2.25. The molecule has 1 aliphatic carbocycles. The van der Waals surface area contributed by atoms with E-state index in [1.165, 1.54) is 0 Å². The minimum Gasteiger partial charge on any atom is -0.466 e. The lowest BCUT2D eigenvalue weighted by Gasteiger charge is -2.25. The summed E-state index contributed by atoms with van der Waals surface area (Å²) in [6.07, 6.45) is 3.98. The summed E-state index contributed by atoms with van der Waals surface area (Å²) in [4.78, 5) is 15.6. The molecule has 0 aromatic rings. The smallest absolute Gasteiger partial charge is 0.311 e. The van der Waals surface area contributed by atoms with Crippen molar-refractivity contribution in [3.05, 3.63) is 0 Å². The van der Waals surface area contributed by atoms with Crippen molar-refractivity contribution in [3.63, 3.8) is 0 Å². The second-order valence-corrected chi connectivity index (χ2v) is 3.61. The second-order valence-electron chi connectivity index (χ2n) is 3.43. The number of aliphatic imine (C=N–C) groups is 1. The van der Waals surface area contributed by atoms with Crippen LogP contribution in [0.5, 0.6) is 0 Å². The van der Waals surface area contributed by atoms with Crippen molar-refractivity contribution < 1.29 is 9.53 Å². The monoisotopic (exact) mass is 213 g/mol. The fraction of sp³-hybridized carbons (Fsp3) is 0.800. The van der Waals surface area contributed by atoms with Crippen molar-refractivity contribution in [2.75, 3.05) is 6.61 Å². The van der Waals surface area contributed by atoms with Gasteiger partial charge in [-0.15, -0.1) is 0 Å². The third-order valence-electron chi connectivity index (χ3n) is 2.54. The van der Waals surface area contributed by atoms with Gasteiger partial charge in [0.1, 0.15) is 0 Å². The molecule has 0 bridgehead atoms. The Morgan fingerprint density at radius 3 is 2.93 bits per heavy atom. The number of nitrogens with zero attached hydrogens (tertiary/aromatic N) is 1. The minimum absolute atomic E-state index is 0.000278. The molecule has 0 saturated heterocycles. The van der Waals surface area contributed by atoms with Crippen LogP contribution in [0, 0.1) is 5.92 Å². The molecule has 0 aromatic carbocycles. The number of hydrogen-bond donors (Lipinski definition) is 0. The molecule has 4 heteroatoms. The van der Waals surface area contributed by atoms with E-state index in [0.717, 1.165) is 25.7 Å². The van der Waals surface area contributed by atoms with Crippen molar-refractivity contribution >= 4 is 23.3 Å². The Hall–Kier alpha value is -0.730. The summed E-state index contributed by atoms with van der Waals surface area (Å²) in [5, 5.41) is 2.36. The number of carbonyl (C=O) groups excluding carboxylic acids is 1. The highest BCUT2D eigenvalue weighted by Crippen LogP contribution is 2.27. The van der Waals surface area contributed by atoms with E-state index in [4.69, 9.17) is 4.74 Å². The molecule has 1 saturated carbocycles. The normalized spacial score (nSPS) is 26.4. The van der Waals surface area contributed by atoms with Crippen LogP contribution in [0.25, 0.3) is 0 Å². The van der Waals surface area contributed by atoms with Gasteiger partial charge < -0.3 is 4.74 Å². The van der Waals surface area contributed by atoms with Crippen LogP contribution in [0.3, 0.4) is 0 Å². The zero-order valence-corrected chi connectivity index (χ0v) is 9.18. The molecule has 0 radical (unpaired) electrons. The summed E-state index contributed by atoms with van der Waals surface area (Å²) in [7, 11) is 0. The average Bonchev–Trinajstić information content (AvgIpc) is 2.19. The molecule has 78 valence electrons. The summed E-state index contributed by atoms with van der Waals surface area (Å²) < 4.78 is 5.00. The Morgan fingerprint density at radius 2 is 2.29 bits per heavy atom. The predicted molar refractivity (Wildman–Crippen MR) is 57.4 cm³/mol. The fourth-order valence-electron chi connectivity index (χ4n) is 1.86. The summed E-state index contributed by atoms with van der Waals surface area (Å²) in [5.74, 6) is -0.231. The van der Waals surface area contributed by atoms with Crippen LogP contribution >= 0.6 is 12.2 Å². The van der Waals surface area contributed by atoms with Gasteiger partial charge >= 0.3 is 5.97 Å². The molecular formula is C10H15NO2S. The van der Waals surface area contributed by atoms with Crippen LogP contribution < -0.4 is 0 Å². The van der Waals surface area contributed by atoms with E-state index in [1.807, 2.05) is 6.92 Å². The number of hydrogen-bond acceptors (Lipinski definition) is 4. The SMILES string of the molecule is CCOC(=O)[C@H]1CCCC[C@H]1N=C=S. The lowest BCUT2D eigenvalue weighted by molar-refractivity contribution is -0.149. The molecule has 14 heavy (non-hydrogen) atoms. The highest BCUT2D eigenvalue weighted by molar-refractivity contribution is 7.78. The van der Waals surface area contributed by atoms with Gasteiger partial charge in [-0.25, -0.2) is 4.99 Å². The number of carbonyl (C=O) groups is 1. The van der Waals surface area contributed by atoms with Crippen LogP contribution in [-0.4, -0.2) is 23.8 Å². The molecule has 0 aliphatic heterocycles. The summed E-state index contributed by atoms with van der Waals surface area (Å²) in [5.41, 5.74) is 0. The molecule has 0 spiro atoms. The number of rotatable bonds is 3. The van der Waals surface area contributed by atoms with E-state index in [9.17, 15) is 4.79 Å². The number of esters is 1. The lowest BCUT2D eigenvalue weighted by atomic mass is 9.85. The summed E-state index contributed by atoms with van der Waals surface area (Å²) in [6, 6.07) is 0.000278. The predicted octanol–water partition coefficient (Wildman–Crippen LogP) is 2.21. The Labute approximate surface area is 89.5 Å². The maximum absolute atomic E-state index is 11.5. The van der Waals surface area contributed by atoms with E-state index in [-0.39, 0.29) is 17.9 Å². The van der Waals surface area contributed by atoms with Gasteiger partial charge in [0.05, 0.1) is 23.7 Å². The first-order chi connectivity index (χ1) is 6.79. The van der Waals surface area contributed by atoms with Gasteiger partial charge in [-0.3, -0.25) is 4.79 Å². The first-order valence-corrected chi connectivity index (χ1v) is 5.44. The van der Waals surface area contributed by atoms with Crippen LogP contribution in [0.2, 0.25) is 0 Å². The van der Waals surface area contributed by atoms with Gasteiger partial charge in [0.2, 0.25) is 0 Å². The zero-order valence-electron chi connectivity index (χ0n) is 8.36. The average molecular weight is 213 g/mol.